The van der Waals surface area contributed by atoms with Gasteiger partial charge in [-0.25, -0.2) is 17.5 Å². The lowest BCUT2D eigenvalue weighted by molar-refractivity contribution is 0.277. The molecule has 0 aliphatic rings. The average Bonchev–Trinajstić information content (AvgIpc) is 2.92. The molecule has 0 spiro atoms. The third kappa shape index (κ3) is 3.49. The Labute approximate surface area is 122 Å². The van der Waals surface area contributed by atoms with Crippen LogP contribution in [0.1, 0.15) is 22.4 Å². The molecule has 0 amide bonds. The van der Waals surface area contributed by atoms with Crippen molar-refractivity contribution >= 4 is 10.0 Å². The number of aryl methyl sites for hydroxylation is 2. The van der Waals surface area contributed by atoms with Crippen LogP contribution in [0.25, 0.3) is 0 Å². The van der Waals surface area contributed by atoms with Gasteiger partial charge in [0.05, 0.1) is 11.5 Å². The molecule has 21 heavy (non-hydrogen) atoms. The number of nitrogens with one attached hydrogen (secondary N) is 2. The highest BCUT2D eigenvalue weighted by Gasteiger charge is 2.16. The predicted octanol–water partition coefficient (Wildman–Crippen LogP) is 1.74. The maximum Gasteiger partial charge on any atom is 0.242 e. The van der Waals surface area contributed by atoms with Gasteiger partial charge in [-0.2, -0.15) is 0 Å². The molecule has 5 nitrogen and oxygen atoms in total. The Kier molecular flexibility index (Phi) is 4.46. The van der Waals surface area contributed by atoms with E-state index < -0.39 is 10.0 Å². The molecule has 0 aliphatic heterocycles. The van der Waals surface area contributed by atoms with E-state index >= 15 is 0 Å². The maximum atomic E-state index is 13.5. The van der Waals surface area contributed by atoms with Gasteiger partial charge < -0.3 is 10.1 Å². The predicted molar refractivity (Wildman–Crippen MR) is 76.6 cm³/mol. The van der Waals surface area contributed by atoms with E-state index in [9.17, 15) is 12.8 Å². The monoisotopic (exact) mass is 312 g/mol. The highest BCUT2D eigenvalue weighted by molar-refractivity contribution is 7.89. The van der Waals surface area contributed by atoms with E-state index in [1.807, 2.05) is 0 Å². The molecule has 1 aromatic carbocycles. The number of aliphatic hydroxyl groups is 1. The fourth-order valence-corrected chi connectivity index (χ4v) is 3.10. The zero-order chi connectivity index (χ0) is 15.6. The quantitative estimate of drug-likeness (QED) is 0.786. The smallest absolute Gasteiger partial charge is 0.242 e. The van der Waals surface area contributed by atoms with E-state index in [1.165, 1.54) is 12.3 Å². The topological polar surface area (TPSA) is 82.2 Å². The fraction of sp³-hybridized carbons (Fsp3) is 0.286. The summed E-state index contributed by atoms with van der Waals surface area (Å²) < 4.78 is 40.1. The van der Waals surface area contributed by atoms with Crippen molar-refractivity contribution < 1.29 is 17.9 Å². The first kappa shape index (κ1) is 15.7. The largest absolute Gasteiger partial charge is 0.390 e. The molecule has 0 bridgehead atoms. The van der Waals surface area contributed by atoms with Gasteiger partial charge in [-0.1, -0.05) is 12.1 Å². The molecule has 0 aliphatic carbocycles. The molecule has 3 N–H and O–H groups in total. The van der Waals surface area contributed by atoms with Crippen molar-refractivity contribution in [3.05, 3.63) is 52.6 Å². The van der Waals surface area contributed by atoms with Crippen LogP contribution in [-0.2, 0) is 23.2 Å². The molecule has 1 heterocycles. The number of H-pyrrole nitrogens is 1. The summed E-state index contributed by atoms with van der Waals surface area (Å²) in [5, 5.41) is 8.93. The Morgan fingerprint density at radius 3 is 2.38 bits per heavy atom. The molecule has 7 heteroatoms. The van der Waals surface area contributed by atoms with Gasteiger partial charge in [0.15, 0.2) is 0 Å². The van der Waals surface area contributed by atoms with Crippen LogP contribution in [0.4, 0.5) is 4.39 Å². The van der Waals surface area contributed by atoms with Crippen LogP contribution in [0, 0.1) is 19.7 Å². The summed E-state index contributed by atoms with van der Waals surface area (Å²) in [5.41, 5.74) is 2.07. The van der Waals surface area contributed by atoms with Gasteiger partial charge in [0.1, 0.15) is 5.82 Å². The number of sulfonamides is 1. The van der Waals surface area contributed by atoms with Crippen molar-refractivity contribution in [2.75, 3.05) is 0 Å². The molecule has 0 saturated carbocycles. The number of rotatable bonds is 5. The number of aromatic amines is 1. The zero-order valence-corrected chi connectivity index (χ0v) is 12.6. The molecule has 0 radical (unpaired) electrons. The van der Waals surface area contributed by atoms with Crippen molar-refractivity contribution in [3.63, 3.8) is 0 Å². The normalized spacial score (nSPS) is 11.8. The summed E-state index contributed by atoms with van der Waals surface area (Å²) in [6.45, 7) is 3.09. The Hall–Kier alpha value is -1.70. The van der Waals surface area contributed by atoms with Crippen LogP contribution in [0.3, 0.4) is 0 Å². The third-order valence-corrected chi connectivity index (χ3v) is 4.54. The number of hydrogen-bond acceptors (Lipinski definition) is 3. The molecule has 114 valence electrons. The van der Waals surface area contributed by atoms with Crippen molar-refractivity contribution in [1.82, 2.24) is 9.71 Å². The van der Waals surface area contributed by atoms with E-state index in [0.29, 0.717) is 22.4 Å². The van der Waals surface area contributed by atoms with Crippen LogP contribution in [0.5, 0.6) is 0 Å². The number of halogens is 1. The average molecular weight is 312 g/mol. The summed E-state index contributed by atoms with van der Waals surface area (Å²) in [5.74, 6) is -0.278. The second-order valence-electron chi connectivity index (χ2n) is 4.89. The molecule has 0 atom stereocenters. The van der Waals surface area contributed by atoms with E-state index in [-0.39, 0.29) is 23.9 Å². The van der Waals surface area contributed by atoms with Crippen molar-refractivity contribution in [2.45, 2.75) is 31.9 Å². The molecule has 1 aromatic heterocycles. The van der Waals surface area contributed by atoms with Crippen molar-refractivity contribution in [3.8, 4) is 0 Å². The minimum Gasteiger partial charge on any atom is -0.390 e. The van der Waals surface area contributed by atoms with Gasteiger partial charge in [0.25, 0.3) is 0 Å². The lowest BCUT2D eigenvalue weighted by atomic mass is 10.1. The summed E-state index contributed by atoms with van der Waals surface area (Å²) in [4.78, 5) is 2.72. The SMILES string of the molecule is Cc1cc(CNS(=O)(=O)c2c[nH]c(CO)c2)cc(C)c1F. The first-order valence-corrected chi connectivity index (χ1v) is 7.85. The zero-order valence-electron chi connectivity index (χ0n) is 11.8. The lowest BCUT2D eigenvalue weighted by Gasteiger charge is -2.08. The molecule has 0 unspecified atom stereocenters. The van der Waals surface area contributed by atoms with Crippen LogP contribution in [-0.4, -0.2) is 18.5 Å². The first-order chi connectivity index (χ1) is 9.83. The van der Waals surface area contributed by atoms with Crippen molar-refractivity contribution in [2.24, 2.45) is 0 Å². The van der Waals surface area contributed by atoms with E-state index in [2.05, 4.69) is 9.71 Å². The van der Waals surface area contributed by atoms with Crippen LogP contribution < -0.4 is 4.72 Å². The molecule has 2 rings (SSSR count). The van der Waals surface area contributed by atoms with Crippen LogP contribution in [0.15, 0.2) is 29.3 Å². The highest BCUT2D eigenvalue weighted by Crippen LogP contribution is 2.16. The fourth-order valence-electron chi connectivity index (χ4n) is 2.06. The number of aromatic nitrogens is 1. The Morgan fingerprint density at radius 2 is 1.86 bits per heavy atom. The molecule has 0 fully saturated rings. The standard InChI is InChI=1S/C14H17FN2O3S/c1-9-3-11(4-10(2)14(9)15)6-17-21(19,20)13-5-12(8-18)16-7-13/h3-5,7,16-18H,6,8H2,1-2H3. The van der Waals surface area contributed by atoms with Gasteiger partial charge in [0, 0.05) is 18.4 Å². The van der Waals surface area contributed by atoms with Gasteiger partial charge in [-0.15, -0.1) is 0 Å². The second kappa shape index (κ2) is 5.97. The molecule has 0 saturated heterocycles. The van der Waals surface area contributed by atoms with E-state index in [1.54, 1.807) is 26.0 Å². The molecular weight excluding hydrogens is 295 g/mol. The Bertz CT molecular complexity index is 730. The summed E-state index contributed by atoms with van der Waals surface area (Å²) in [7, 11) is -3.67. The maximum absolute atomic E-state index is 13.5. The number of benzene rings is 1. The minimum atomic E-state index is -3.67. The second-order valence-corrected chi connectivity index (χ2v) is 6.65. The Balaban J connectivity index is 2.15. The van der Waals surface area contributed by atoms with Crippen LogP contribution in [0.2, 0.25) is 0 Å². The summed E-state index contributed by atoms with van der Waals surface area (Å²) >= 11 is 0. The van der Waals surface area contributed by atoms with Gasteiger partial charge >= 0.3 is 0 Å². The summed E-state index contributed by atoms with van der Waals surface area (Å²) in [6.07, 6.45) is 1.31. The van der Waals surface area contributed by atoms with Gasteiger partial charge in [0.2, 0.25) is 10.0 Å². The van der Waals surface area contributed by atoms with Gasteiger partial charge in [-0.3, -0.25) is 0 Å². The van der Waals surface area contributed by atoms with Crippen LogP contribution >= 0.6 is 0 Å². The minimum absolute atomic E-state index is 0.0575. The first-order valence-electron chi connectivity index (χ1n) is 6.37. The lowest BCUT2D eigenvalue weighted by Crippen LogP contribution is -2.23. The Morgan fingerprint density at radius 1 is 1.24 bits per heavy atom. The number of hydrogen-bond donors (Lipinski definition) is 3. The molecule has 2 aromatic rings. The van der Waals surface area contributed by atoms with Crippen molar-refractivity contribution in [1.29, 1.82) is 0 Å². The number of aliphatic hydroxyl groups excluding tert-OH is 1. The van der Waals surface area contributed by atoms with E-state index in [0.717, 1.165) is 0 Å². The highest BCUT2D eigenvalue weighted by atomic mass is 32.2. The molecular formula is C14H17FN2O3S. The third-order valence-electron chi connectivity index (χ3n) is 3.16. The van der Waals surface area contributed by atoms with Gasteiger partial charge in [-0.05, 0) is 36.6 Å². The summed E-state index contributed by atoms with van der Waals surface area (Å²) in [6, 6.07) is 4.59. The van der Waals surface area contributed by atoms with E-state index in [4.69, 9.17) is 5.11 Å².